The van der Waals surface area contributed by atoms with Crippen LogP contribution >= 0.6 is 0 Å². The normalized spacial score (nSPS) is 13.8. The third-order valence-electron chi connectivity index (χ3n) is 6.98. The topological polar surface area (TPSA) is 198 Å². The van der Waals surface area contributed by atoms with Crippen molar-refractivity contribution in [3.8, 4) is 11.1 Å². The Kier molecular flexibility index (Phi) is 9.79. The van der Waals surface area contributed by atoms with Crippen LogP contribution in [0.25, 0.3) is 11.1 Å². The second-order valence-corrected chi connectivity index (χ2v) is 10.2. The first-order valence-electron chi connectivity index (χ1n) is 13.8. The summed E-state index contributed by atoms with van der Waals surface area (Å²) in [5.74, 6) is 0. The SMILES string of the molecule is CC1(C)c2ccc(/C(COCCO)=N/OC(=O)n3ccnn3)cc2-c2cc(/C(COCCO)=N/OC(=O)n3ccnn3)ccc21. The summed E-state index contributed by atoms with van der Waals surface area (Å²) < 4.78 is 12.8. The summed E-state index contributed by atoms with van der Waals surface area (Å²) in [5.41, 5.74) is 5.36. The number of rotatable bonds is 12. The molecule has 1 aliphatic carbocycles. The molecule has 2 aromatic carbocycles. The maximum Gasteiger partial charge on any atom is 0.462 e. The number of oxime groups is 2. The zero-order chi connectivity index (χ0) is 31.8. The molecule has 234 valence electrons. The summed E-state index contributed by atoms with van der Waals surface area (Å²) in [6, 6.07) is 11.5. The van der Waals surface area contributed by atoms with Crippen LogP contribution in [0.1, 0.15) is 36.1 Å². The van der Waals surface area contributed by atoms with Gasteiger partial charge in [-0.25, -0.2) is 9.59 Å². The molecular weight excluding hydrogens is 588 g/mol. The van der Waals surface area contributed by atoms with E-state index >= 15 is 0 Å². The highest BCUT2D eigenvalue weighted by Gasteiger charge is 2.36. The first kappa shape index (κ1) is 31.3. The lowest BCUT2D eigenvalue weighted by atomic mass is 9.82. The Morgan fingerprint density at radius 2 is 1.20 bits per heavy atom. The summed E-state index contributed by atoms with van der Waals surface area (Å²) in [7, 11) is 0. The molecule has 2 aromatic heterocycles. The van der Waals surface area contributed by atoms with Crippen LogP contribution in [0.5, 0.6) is 0 Å². The standard InChI is InChI=1S/C29H30N8O8/c1-29(2)23-5-3-19(25(17-42-13-11-38)32-44-27(40)36-9-7-30-34-36)15-21(23)22-16-20(4-6-24(22)29)26(18-43-14-12-39)33-45-28(41)37-10-8-31-35-37/h3-10,15-16,38-39H,11-14,17-18H2,1-2H3/b32-25+,33-26+. The number of aromatic nitrogens is 6. The van der Waals surface area contributed by atoms with Gasteiger partial charge in [0, 0.05) is 16.5 Å². The quantitative estimate of drug-likeness (QED) is 0.101. The average molecular weight is 619 g/mol. The molecule has 4 aromatic rings. The van der Waals surface area contributed by atoms with Crippen molar-refractivity contribution in [3.63, 3.8) is 0 Å². The van der Waals surface area contributed by atoms with Crippen molar-refractivity contribution < 1.29 is 39.0 Å². The Morgan fingerprint density at radius 3 is 1.58 bits per heavy atom. The van der Waals surface area contributed by atoms with E-state index in [-0.39, 0.29) is 45.1 Å². The maximum absolute atomic E-state index is 12.3. The number of carbonyl (C=O) groups excluding carboxylic acids is 2. The van der Waals surface area contributed by atoms with E-state index in [0.29, 0.717) is 22.6 Å². The van der Waals surface area contributed by atoms with Gasteiger partial charge < -0.3 is 19.7 Å². The van der Waals surface area contributed by atoms with Gasteiger partial charge in [-0.3, -0.25) is 9.68 Å². The zero-order valence-electron chi connectivity index (χ0n) is 24.4. The number of carbonyl (C=O) groups is 2. The Morgan fingerprint density at radius 1 is 0.756 bits per heavy atom. The first-order valence-corrected chi connectivity index (χ1v) is 13.8. The van der Waals surface area contributed by atoms with Crippen LogP contribution in [0.3, 0.4) is 0 Å². The van der Waals surface area contributed by atoms with Crippen molar-refractivity contribution in [1.29, 1.82) is 0 Å². The molecule has 16 nitrogen and oxygen atoms in total. The van der Waals surface area contributed by atoms with Crippen molar-refractivity contribution in [1.82, 2.24) is 30.0 Å². The van der Waals surface area contributed by atoms with Crippen molar-refractivity contribution in [2.75, 3.05) is 39.6 Å². The predicted octanol–water partition coefficient (Wildman–Crippen LogP) is 1.97. The van der Waals surface area contributed by atoms with Gasteiger partial charge in [-0.05, 0) is 34.4 Å². The van der Waals surface area contributed by atoms with Gasteiger partial charge in [0.25, 0.3) is 0 Å². The van der Waals surface area contributed by atoms with E-state index in [1.54, 1.807) is 0 Å². The van der Waals surface area contributed by atoms with Crippen LogP contribution in [-0.4, -0.2) is 103 Å². The van der Waals surface area contributed by atoms with Gasteiger partial charge in [0.2, 0.25) is 0 Å². The molecule has 0 unspecified atom stereocenters. The van der Waals surface area contributed by atoms with E-state index in [0.717, 1.165) is 31.6 Å². The minimum Gasteiger partial charge on any atom is -0.394 e. The molecule has 0 fully saturated rings. The second kappa shape index (κ2) is 14.1. The van der Waals surface area contributed by atoms with E-state index in [4.69, 9.17) is 19.1 Å². The smallest absolute Gasteiger partial charge is 0.394 e. The maximum atomic E-state index is 12.3. The number of aliphatic hydroxyl groups excluding tert-OH is 2. The van der Waals surface area contributed by atoms with Crippen molar-refractivity contribution in [3.05, 3.63) is 83.4 Å². The molecule has 0 amide bonds. The number of aliphatic hydroxyl groups is 2. The predicted molar refractivity (Wildman–Crippen MR) is 157 cm³/mol. The summed E-state index contributed by atoms with van der Waals surface area (Å²) in [4.78, 5) is 34.9. The number of benzene rings is 2. The Balaban J connectivity index is 1.50. The molecule has 45 heavy (non-hydrogen) atoms. The molecule has 1 aliphatic rings. The minimum atomic E-state index is -0.857. The van der Waals surface area contributed by atoms with Crippen LogP contribution in [-0.2, 0) is 24.6 Å². The molecule has 0 saturated heterocycles. The number of nitrogens with zero attached hydrogens (tertiary/aromatic N) is 8. The molecule has 0 saturated carbocycles. The van der Waals surface area contributed by atoms with Crippen LogP contribution in [0.2, 0.25) is 0 Å². The number of fused-ring (bicyclic) bond motifs is 3. The van der Waals surface area contributed by atoms with Gasteiger partial charge in [-0.1, -0.05) is 58.9 Å². The molecule has 0 spiro atoms. The average Bonchev–Trinajstić information content (AvgIpc) is 3.82. The van der Waals surface area contributed by atoms with Gasteiger partial charge in [0.05, 0.1) is 64.4 Å². The molecular formula is C29H30N8O8. The lowest BCUT2D eigenvalue weighted by Gasteiger charge is -2.21. The molecule has 2 N–H and O–H groups in total. The summed E-state index contributed by atoms with van der Waals surface area (Å²) in [6.45, 7) is 3.85. The first-order chi connectivity index (χ1) is 21.8. The monoisotopic (exact) mass is 618 g/mol. The lowest BCUT2D eigenvalue weighted by Crippen LogP contribution is -2.18. The van der Waals surface area contributed by atoms with Crippen molar-refractivity contribution in [2.45, 2.75) is 19.3 Å². The van der Waals surface area contributed by atoms with Gasteiger partial charge in [-0.2, -0.15) is 9.36 Å². The van der Waals surface area contributed by atoms with E-state index in [2.05, 4.69) is 44.8 Å². The molecule has 0 aliphatic heterocycles. The third kappa shape index (κ3) is 6.99. The van der Waals surface area contributed by atoms with Crippen LogP contribution in [0, 0.1) is 0 Å². The van der Waals surface area contributed by atoms with Gasteiger partial charge in [-0.15, -0.1) is 10.2 Å². The largest absolute Gasteiger partial charge is 0.462 e. The molecule has 0 bridgehead atoms. The van der Waals surface area contributed by atoms with Crippen molar-refractivity contribution >= 4 is 23.6 Å². The Bertz CT molecular complexity index is 1580. The summed E-state index contributed by atoms with van der Waals surface area (Å²) in [6.07, 6.45) is 3.61. The highest BCUT2D eigenvalue weighted by atomic mass is 16.7. The second-order valence-electron chi connectivity index (χ2n) is 10.2. The molecule has 5 rings (SSSR count). The van der Waals surface area contributed by atoms with E-state index in [9.17, 15) is 19.8 Å². The Hall–Kier alpha value is -5.16. The Labute approximate surface area is 256 Å². The number of hydrogen-bond acceptors (Lipinski definition) is 14. The summed E-state index contributed by atoms with van der Waals surface area (Å²) >= 11 is 0. The van der Waals surface area contributed by atoms with Crippen LogP contribution in [0.15, 0.2) is 71.5 Å². The van der Waals surface area contributed by atoms with E-state index in [1.165, 1.54) is 24.8 Å². The van der Waals surface area contributed by atoms with Crippen LogP contribution < -0.4 is 0 Å². The number of hydrogen-bond donors (Lipinski definition) is 2. The summed E-state index contributed by atoms with van der Waals surface area (Å²) in [5, 5.41) is 40.9. The molecule has 2 heterocycles. The van der Waals surface area contributed by atoms with E-state index < -0.39 is 12.2 Å². The molecule has 0 atom stereocenters. The van der Waals surface area contributed by atoms with Crippen molar-refractivity contribution in [2.24, 2.45) is 10.3 Å². The fraction of sp³-hybridized carbons (Fsp3) is 0.310. The molecule has 16 heteroatoms. The molecule has 0 radical (unpaired) electrons. The minimum absolute atomic E-state index is 0.0452. The van der Waals surface area contributed by atoms with E-state index in [1.807, 2.05) is 36.4 Å². The van der Waals surface area contributed by atoms with Gasteiger partial charge in [0.15, 0.2) is 0 Å². The van der Waals surface area contributed by atoms with Gasteiger partial charge in [0.1, 0.15) is 11.4 Å². The fourth-order valence-electron chi connectivity index (χ4n) is 4.80. The fourth-order valence-corrected chi connectivity index (χ4v) is 4.80. The lowest BCUT2D eigenvalue weighted by molar-refractivity contribution is 0.114. The number of ether oxygens (including phenoxy) is 2. The highest BCUT2D eigenvalue weighted by Crippen LogP contribution is 2.49. The van der Waals surface area contributed by atoms with Gasteiger partial charge >= 0.3 is 12.2 Å². The zero-order valence-corrected chi connectivity index (χ0v) is 24.4. The third-order valence-corrected chi connectivity index (χ3v) is 6.98. The highest BCUT2D eigenvalue weighted by molar-refractivity contribution is 6.05. The van der Waals surface area contributed by atoms with Crippen LogP contribution in [0.4, 0.5) is 9.59 Å².